The maximum absolute atomic E-state index is 12.8. The van der Waals surface area contributed by atoms with E-state index in [9.17, 15) is 9.59 Å². The summed E-state index contributed by atoms with van der Waals surface area (Å²) in [7, 11) is 0. The van der Waals surface area contributed by atoms with Crippen LogP contribution in [0.1, 0.15) is 35.5 Å². The van der Waals surface area contributed by atoms with Crippen molar-refractivity contribution in [1.29, 1.82) is 0 Å². The first-order chi connectivity index (χ1) is 13.0. The second kappa shape index (κ2) is 8.25. The molecular weight excluding hydrogens is 340 g/mol. The third-order valence-corrected chi connectivity index (χ3v) is 4.90. The van der Waals surface area contributed by atoms with Gasteiger partial charge in [0.25, 0.3) is 5.91 Å². The molecule has 0 spiro atoms. The van der Waals surface area contributed by atoms with Crippen molar-refractivity contribution in [2.45, 2.75) is 20.8 Å². The summed E-state index contributed by atoms with van der Waals surface area (Å²) in [6, 6.07) is 11.6. The number of furan rings is 1. The molecule has 2 amide bonds. The van der Waals surface area contributed by atoms with Crippen LogP contribution in [0.4, 0.5) is 0 Å². The van der Waals surface area contributed by atoms with Crippen LogP contribution >= 0.6 is 0 Å². The summed E-state index contributed by atoms with van der Waals surface area (Å²) >= 11 is 0. The van der Waals surface area contributed by atoms with E-state index >= 15 is 0 Å². The molecule has 27 heavy (non-hydrogen) atoms. The molecule has 2 heterocycles. The minimum Gasteiger partial charge on any atom is -0.459 e. The zero-order chi connectivity index (χ0) is 19.4. The molecule has 1 aliphatic rings. The number of hydrogen-bond acceptors (Lipinski definition) is 3. The van der Waals surface area contributed by atoms with E-state index in [1.54, 1.807) is 23.1 Å². The van der Waals surface area contributed by atoms with Crippen molar-refractivity contribution in [3.8, 4) is 0 Å². The maximum Gasteiger partial charge on any atom is 0.289 e. The second-order valence-electron chi connectivity index (χ2n) is 7.22. The number of carbonyl (C=O) groups excluding carboxylic acids is 2. The Balaban J connectivity index is 1.66. The molecule has 0 saturated carbocycles. The van der Waals surface area contributed by atoms with Crippen molar-refractivity contribution in [1.82, 2.24) is 9.80 Å². The first-order valence-electron chi connectivity index (χ1n) is 9.36. The van der Waals surface area contributed by atoms with Gasteiger partial charge in [0, 0.05) is 32.3 Å². The summed E-state index contributed by atoms with van der Waals surface area (Å²) in [5.74, 6) is 0.476. The minimum absolute atomic E-state index is 0.00405. The highest BCUT2D eigenvalue weighted by Gasteiger charge is 2.25. The predicted octanol–water partition coefficient (Wildman–Crippen LogP) is 3.61. The number of benzene rings is 1. The summed E-state index contributed by atoms with van der Waals surface area (Å²) in [6.45, 7) is 8.33. The van der Waals surface area contributed by atoms with Crippen molar-refractivity contribution in [2.24, 2.45) is 5.92 Å². The van der Waals surface area contributed by atoms with Gasteiger partial charge in [0.05, 0.1) is 6.26 Å². The van der Waals surface area contributed by atoms with Gasteiger partial charge in [0.15, 0.2) is 5.76 Å². The van der Waals surface area contributed by atoms with Gasteiger partial charge in [-0.05, 0) is 36.1 Å². The Morgan fingerprint density at radius 2 is 1.63 bits per heavy atom. The van der Waals surface area contributed by atoms with E-state index in [1.165, 1.54) is 11.8 Å². The largest absolute Gasteiger partial charge is 0.459 e. The number of hydrogen-bond donors (Lipinski definition) is 0. The lowest BCUT2D eigenvalue weighted by molar-refractivity contribution is -0.127. The fourth-order valence-electron chi connectivity index (χ4n) is 3.24. The number of nitrogens with zero attached hydrogens (tertiary/aromatic N) is 2. The molecule has 142 valence electrons. The van der Waals surface area contributed by atoms with E-state index in [2.05, 4.69) is 45.0 Å². The minimum atomic E-state index is -0.120. The number of allylic oxidation sites excluding steroid dienone is 1. The Bertz CT molecular complexity index is 812. The molecule has 2 aromatic rings. The zero-order valence-corrected chi connectivity index (χ0v) is 16.1. The predicted molar refractivity (Wildman–Crippen MR) is 105 cm³/mol. The van der Waals surface area contributed by atoms with Crippen molar-refractivity contribution in [3.63, 3.8) is 0 Å². The van der Waals surface area contributed by atoms with Crippen LogP contribution in [0.5, 0.6) is 0 Å². The van der Waals surface area contributed by atoms with Crippen molar-refractivity contribution >= 4 is 17.4 Å². The molecule has 0 bridgehead atoms. The number of carbonyl (C=O) groups is 2. The summed E-state index contributed by atoms with van der Waals surface area (Å²) in [4.78, 5) is 28.7. The molecule has 1 aromatic carbocycles. The van der Waals surface area contributed by atoms with Gasteiger partial charge in [-0.2, -0.15) is 0 Å². The van der Waals surface area contributed by atoms with Crippen LogP contribution in [-0.4, -0.2) is 47.8 Å². The summed E-state index contributed by atoms with van der Waals surface area (Å²) in [6.07, 6.45) is 3.25. The van der Waals surface area contributed by atoms with Crippen LogP contribution in [0.2, 0.25) is 0 Å². The fourth-order valence-corrected chi connectivity index (χ4v) is 3.24. The van der Waals surface area contributed by atoms with Crippen molar-refractivity contribution in [3.05, 3.63) is 65.6 Å². The average molecular weight is 366 g/mol. The quantitative estimate of drug-likeness (QED) is 0.777. The summed E-state index contributed by atoms with van der Waals surface area (Å²) in [5.41, 5.74) is 3.32. The van der Waals surface area contributed by atoms with E-state index in [0.29, 0.717) is 31.9 Å². The van der Waals surface area contributed by atoms with Crippen LogP contribution in [0.3, 0.4) is 0 Å². The van der Waals surface area contributed by atoms with E-state index in [-0.39, 0.29) is 17.7 Å². The lowest BCUT2D eigenvalue weighted by atomic mass is 9.94. The lowest BCUT2D eigenvalue weighted by Gasteiger charge is -2.34. The molecule has 0 N–H and O–H groups in total. The Kier molecular flexibility index (Phi) is 5.79. The van der Waals surface area contributed by atoms with Gasteiger partial charge in [0.1, 0.15) is 0 Å². The molecule has 1 aliphatic heterocycles. The highest BCUT2D eigenvalue weighted by molar-refractivity contribution is 5.96. The molecule has 0 aliphatic carbocycles. The van der Waals surface area contributed by atoms with Crippen molar-refractivity contribution in [2.75, 3.05) is 26.2 Å². The van der Waals surface area contributed by atoms with Crippen molar-refractivity contribution < 1.29 is 14.0 Å². The number of aryl methyl sites for hydroxylation is 1. The third kappa shape index (κ3) is 4.48. The molecule has 1 saturated heterocycles. The Labute approximate surface area is 160 Å². The first kappa shape index (κ1) is 19.0. The smallest absolute Gasteiger partial charge is 0.289 e. The maximum atomic E-state index is 12.8. The number of piperazine rings is 1. The highest BCUT2D eigenvalue weighted by atomic mass is 16.3. The molecular formula is C22H26N2O3. The topological polar surface area (TPSA) is 53.8 Å². The lowest BCUT2D eigenvalue weighted by Crippen LogP contribution is -2.50. The van der Waals surface area contributed by atoms with Gasteiger partial charge in [-0.25, -0.2) is 0 Å². The molecule has 5 nitrogen and oxygen atoms in total. The normalized spacial score (nSPS) is 15.3. The Hall–Kier alpha value is -2.82. The molecule has 0 atom stereocenters. The third-order valence-electron chi connectivity index (χ3n) is 4.90. The Morgan fingerprint density at radius 3 is 2.19 bits per heavy atom. The van der Waals surface area contributed by atoms with Gasteiger partial charge in [-0.15, -0.1) is 0 Å². The van der Waals surface area contributed by atoms with Gasteiger partial charge in [0.2, 0.25) is 5.91 Å². The van der Waals surface area contributed by atoms with Crippen LogP contribution in [0.25, 0.3) is 5.57 Å². The molecule has 3 rings (SSSR count). The molecule has 1 aromatic heterocycles. The summed E-state index contributed by atoms with van der Waals surface area (Å²) < 4.78 is 5.18. The SMILES string of the molecule is Cc1ccc(/C(=C/C(=O)N2CCN(C(=O)c3ccco3)CC2)C(C)C)cc1. The second-order valence-corrected chi connectivity index (χ2v) is 7.22. The molecule has 0 radical (unpaired) electrons. The van der Waals surface area contributed by atoms with Crippen LogP contribution in [0, 0.1) is 12.8 Å². The fraction of sp³-hybridized carbons (Fsp3) is 0.364. The van der Waals surface area contributed by atoms with E-state index in [4.69, 9.17) is 4.42 Å². The van der Waals surface area contributed by atoms with Crippen LogP contribution in [0.15, 0.2) is 53.2 Å². The Morgan fingerprint density at radius 1 is 1.00 bits per heavy atom. The molecule has 0 unspecified atom stereocenters. The van der Waals surface area contributed by atoms with Gasteiger partial charge < -0.3 is 14.2 Å². The molecule has 5 heteroatoms. The number of amides is 2. The zero-order valence-electron chi connectivity index (χ0n) is 16.1. The first-order valence-corrected chi connectivity index (χ1v) is 9.36. The molecule has 1 fully saturated rings. The van der Waals surface area contributed by atoms with Gasteiger partial charge >= 0.3 is 0 Å². The van der Waals surface area contributed by atoms with Crippen LogP contribution in [-0.2, 0) is 4.79 Å². The average Bonchev–Trinajstić information content (AvgIpc) is 3.21. The van der Waals surface area contributed by atoms with E-state index in [0.717, 1.165) is 11.1 Å². The van der Waals surface area contributed by atoms with E-state index < -0.39 is 0 Å². The van der Waals surface area contributed by atoms with Gasteiger partial charge in [-0.1, -0.05) is 43.7 Å². The highest BCUT2D eigenvalue weighted by Crippen LogP contribution is 2.24. The van der Waals surface area contributed by atoms with Gasteiger partial charge in [-0.3, -0.25) is 9.59 Å². The van der Waals surface area contributed by atoms with Crippen LogP contribution < -0.4 is 0 Å². The van der Waals surface area contributed by atoms with E-state index in [1.807, 2.05) is 4.90 Å². The monoisotopic (exact) mass is 366 g/mol. The number of rotatable bonds is 4. The summed E-state index contributed by atoms with van der Waals surface area (Å²) in [5, 5.41) is 0. The standard InChI is InChI=1S/C22H26N2O3/c1-16(2)19(18-8-6-17(3)7-9-18)15-21(25)23-10-12-24(13-11-23)22(26)20-5-4-14-27-20/h4-9,14-16H,10-13H2,1-3H3/b19-15+.